The standard InChI is InChI=1S/C17H29N3O2/c1-12(2)16-19-17(22-20-16)15(13-8-10-21-11-9-13)18-14-6-4-3-5-7-14/h12-15,18H,3-11H2,1-2H3. The van der Waals surface area contributed by atoms with Crippen molar-refractivity contribution in [1.82, 2.24) is 15.5 Å². The number of hydrogen-bond acceptors (Lipinski definition) is 5. The van der Waals surface area contributed by atoms with Crippen molar-refractivity contribution in [2.24, 2.45) is 5.92 Å². The van der Waals surface area contributed by atoms with Gasteiger partial charge in [0.25, 0.3) is 0 Å². The van der Waals surface area contributed by atoms with Gasteiger partial charge in [-0.2, -0.15) is 4.98 Å². The van der Waals surface area contributed by atoms with E-state index in [0.29, 0.717) is 17.9 Å². The van der Waals surface area contributed by atoms with Crippen LogP contribution in [-0.4, -0.2) is 29.4 Å². The van der Waals surface area contributed by atoms with Crippen LogP contribution in [0.25, 0.3) is 0 Å². The highest BCUT2D eigenvalue weighted by molar-refractivity contribution is 5.00. The van der Waals surface area contributed by atoms with Crippen LogP contribution in [0.3, 0.4) is 0 Å². The highest BCUT2D eigenvalue weighted by Crippen LogP contribution is 2.32. The Morgan fingerprint density at radius 1 is 1.05 bits per heavy atom. The fourth-order valence-electron chi connectivity index (χ4n) is 3.59. The molecule has 1 aliphatic carbocycles. The Kier molecular flexibility index (Phi) is 5.47. The monoisotopic (exact) mass is 307 g/mol. The van der Waals surface area contributed by atoms with Gasteiger partial charge >= 0.3 is 0 Å². The molecule has 1 unspecified atom stereocenters. The third kappa shape index (κ3) is 3.87. The average molecular weight is 307 g/mol. The van der Waals surface area contributed by atoms with Gasteiger partial charge in [0.15, 0.2) is 5.82 Å². The number of aromatic nitrogens is 2. The fourth-order valence-corrected chi connectivity index (χ4v) is 3.59. The van der Waals surface area contributed by atoms with Crippen molar-refractivity contribution in [1.29, 1.82) is 0 Å². The van der Waals surface area contributed by atoms with Crippen LogP contribution in [0.4, 0.5) is 0 Å². The van der Waals surface area contributed by atoms with E-state index >= 15 is 0 Å². The van der Waals surface area contributed by atoms with Crippen molar-refractivity contribution in [2.75, 3.05) is 13.2 Å². The summed E-state index contributed by atoms with van der Waals surface area (Å²) < 4.78 is 11.1. The van der Waals surface area contributed by atoms with Crippen LogP contribution in [0.15, 0.2) is 4.52 Å². The molecule has 1 aromatic rings. The minimum absolute atomic E-state index is 0.187. The molecule has 1 atom stereocenters. The molecule has 2 aliphatic rings. The Balaban J connectivity index is 1.74. The Labute approximate surface area is 133 Å². The molecule has 1 aliphatic heterocycles. The van der Waals surface area contributed by atoms with Gasteiger partial charge in [-0.25, -0.2) is 0 Å². The third-order valence-electron chi connectivity index (χ3n) is 5.00. The summed E-state index contributed by atoms with van der Waals surface area (Å²) in [5, 5.41) is 8.01. The zero-order valence-electron chi connectivity index (χ0n) is 13.9. The Bertz CT molecular complexity index is 449. The molecule has 1 saturated carbocycles. The highest BCUT2D eigenvalue weighted by Gasteiger charge is 2.32. The summed E-state index contributed by atoms with van der Waals surface area (Å²) in [6, 6.07) is 0.781. The van der Waals surface area contributed by atoms with Crippen LogP contribution in [0.1, 0.15) is 82.5 Å². The van der Waals surface area contributed by atoms with E-state index in [1.54, 1.807) is 0 Å². The van der Waals surface area contributed by atoms with Crippen molar-refractivity contribution < 1.29 is 9.26 Å². The summed E-state index contributed by atoms with van der Waals surface area (Å²) in [5.74, 6) is 2.44. The first kappa shape index (κ1) is 15.9. The molecule has 0 radical (unpaired) electrons. The topological polar surface area (TPSA) is 60.2 Å². The first-order chi connectivity index (χ1) is 10.7. The summed E-state index contributed by atoms with van der Waals surface area (Å²) >= 11 is 0. The maximum Gasteiger partial charge on any atom is 0.244 e. The third-order valence-corrected chi connectivity index (χ3v) is 5.00. The van der Waals surface area contributed by atoms with E-state index < -0.39 is 0 Å². The van der Waals surface area contributed by atoms with Crippen molar-refractivity contribution >= 4 is 0 Å². The largest absolute Gasteiger partial charge is 0.381 e. The molecule has 1 N–H and O–H groups in total. The predicted octanol–water partition coefficient (Wildman–Crippen LogP) is 3.58. The lowest BCUT2D eigenvalue weighted by molar-refractivity contribution is 0.0457. The van der Waals surface area contributed by atoms with Gasteiger partial charge in [-0.1, -0.05) is 38.3 Å². The SMILES string of the molecule is CC(C)c1noc(C(NC2CCCCC2)C2CCOCC2)n1. The summed E-state index contributed by atoms with van der Waals surface area (Å²) in [6.07, 6.45) is 8.72. The molecule has 124 valence electrons. The number of nitrogens with one attached hydrogen (secondary N) is 1. The Morgan fingerprint density at radius 2 is 1.77 bits per heavy atom. The number of ether oxygens (including phenoxy) is 1. The maximum absolute atomic E-state index is 5.62. The van der Waals surface area contributed by atoms with Crippen molar-refractivity contribution in [3.63, 3.8) is 0 Å². The lowest BCUT2D eigenvalue weighted by Crippen LogP contribution is -2.39. The van der Waals surface area contributed by atoms with Gasteiger partial charge in [0.05, 0.1) is 6.04 Å². The molecular weight excluding hydrogens is 278 g/mol. The molecule has 22 heavy (non-hydrogen) atoms. The summed E-state index contributed by atoms with van der Waals surface area (Å²) in [7, 11) is 0. The molecular formula is C17H29N3O2. The molecule has 0 spiro atoms. The number of nitrogens with zero attached hydrogens (tertiary/aromatic N) is 2. The molecule has 0 amide bonds. The van der Waals surface area contributed by atoms with Gasteiger partial charge in [-0.05, 0) is 31.6 Å². The number of hydrogen-bond donors (Lipinski definition) is 1. The lowest BCUT2D eigenvalue weighted by Gasteiger charge is -2.33. The first-order valence-corrected chi connectivity index (χ1v) is 8.91. The molecule has 1 aromatic heterocycles. The van der Waals surface area contributed by atoms with Gasteiger partial charge in [0, 0.05) is 25.2 Å². The van der Waals surface area contributed by atoms with Crippen LogP contribution in [0, 0.1) is 5.92 Å². The zero-order chi connectivity index (χ0) is 15.4. The molecule has 0 bridgehead atoms. The van der Waals surface area contributed by atoms with Crippen LogP contribution in [-0.2, 0) is 4.74 Å². The van der Waals surface area contributed by atoms with E-state index in [4.69, 9.17) is 9.26 Å². The van der Waals surface area contributed by atoms with Gasteiger partial charge in [0.2, 0.25) is 5.89 Å². The minimum Gasteiger partial charge on any atom is -0.381 e. The molecule has 0 aromatic carbocycles. The molecule has 5 heteroatoms. The van der Waals surface area contributed by atoms with Gasteiger partial charge < -0.3 is 14.6 Å². The van der Waals surface area contributed by atoms with Crippen LogP contribution >= 0.6 is 0 Å². The Hall–Kier alpha value is -0.940. The van der Waals surface area contributed by atoms with Crippen LogP contribution in [0.2, 0.25) is 0 Å². The average Bonchev–Trinajstić information content (AvgIpc) is 3.04. The van der Waals surface area contributed by atoms with Crippen LogP contribution in [0.5, 0.6) is 0 Å². The molecule has 2 heterocycles. The molecule has 1 saturated heterocycles. The quantitative estimate of drug-likeness (QED) is 0.901. The number of rotatable bonds is 5. The van der Waals surface area contributed by atoms with E-state index in [1.165, 1.54) is 32.1 Å². The second-order valence-electron chi connectivity index (χ2n) is 7.07. The smallest absolute Gasteiger partial charge is 0.244 e. The molecule has 2 fully saturated rings. The van der Waals surface area contributed by atoms with E-state index in [2.05, 4.69) is 29.3 Å². The summed E-state index contributed by atoms with van der Waals surface area (Å²) in [6.45, 7) is 5.90. The van der Waals surface area contributed by atoms with Gasteiger partial charge in [-0.3, -0.25) is 0 Å². The van der Waals surface area contributed by atoms with Crippen LogP contribution < -0.4 is 5.32 Å². The van der Waals surface area contributed by atoms with E-state index in [1.807, 2.05) is 0 Å². The van der Waals surface area contributed by atoms with E-state index in [0.717, 1.165) is 37.8 Å². The predicted molar refractivity (Wildman–Crippen MR) is 84.7 cm³/mol. The normalized spacial score (nSPS) is 23.0. The summed E-state index contributed by atoms with van der Waals surface area (Å²) in [4.78, 5) is 4.67. The maximum atomic E-state index is 5.62. The van der Waals surface area contributed by atoms with E-state index in [-0.39, 0.29) is 6.04 Å². The van der Waals surface area contributed by atoms with Crippen molar-refractivity contribution in [3.05, 3.63) is 11.7 Å². The van der Waals surface area contributed by atoms with Gasteiger partial charge in [-0.15, -0.1) is 0 Å². The second-order valence-corrected chi connectivity index (χ2v) is 7.07. The lowest BCUT2D eigenvalue weighted by atomic mass is 9.88. The first-order valence-electron chi connectivity index (χ1n) is 8.91. The van der Waals surface area contributed by atoms with Gasteiger partial charge in [0.1, 0.15) is 0 Å². The second kappa shape index (κ2) is 7.55. The molecule has 5 nitrogen and oxygen atoms in total. The minimum atomic E-state index is 0.187. The highest BCUT2D eigenvalue weighted by atomic mass is 16.5. The van der Waals surface area contributed by atoms with Crippen molar-refractivity contribution in [3.8, 4) is 0 Å². The zero-order valence-corrected chi connectivity index (χ0v) is 13.9. The molecule has 3 rings (SSSR count). The Morgan fingerprint density at radius 3 is 2.41 bits per heavy atom. The van der Waals surface area contributed by atoms with Crippen molar-refractivity contribution in [2.45, 2.75) is 76.8 Å². The fraction of sp³-hybridized carbons (Fsp3) is 0.882. The summed E-state index contributed by atoms with van der Waals surface area (Å²) in [5.41, 5.74) is 0. The van der Waals surface area contributed by atoms with E-state index in [9.17, 15) is 0 Å².